The smallest absolute Gasteiger partial charge is 0.317 e. The van der Waals surface area contributed by atoms with Crippen LogP contribution in [0.1, 0.15) is 24.1 Å². The van der Waals surface area contributed by atoms with Crippen molar-refractivity contribution >= 4 is 34.9 Å². The van der Waals surface area contributed by atoms with E-state index in [4.69, 9.17) is 16.7 Å². The number of urea groups is 1. The largest absolute Gasteiger partial charge is 0.481 e. The third-order valence-electron chi connectivity index (χ3n) is 3.55. The molecule has 0 spiro atoms. The number of aliphatic carboxylic acids is 1. The zero-order valence-corrected chi connectivity index (χ0v) is 13.3. The first-order valence-electron chi connectivity index (χ1n) is 7.03. The molecule has 2 rings (SSSR count). The van der Waals surface area contributed by atoms with Gasteiger partial charge in [-0.1, -0.05) is 11.6 Å². The van der Waals surface area contributed by atoms with Crippen molar-refractivity contribution in [2.24, 2.45) is 5.92 Å². The number of hydrogen-bond acceptors (Lipinski definition) is 3. The molecule has 7 heteroatoms. The molecule has 0 radical (unpaired) electrons. The lowest BCUT2D eigenvalue weighted by molar-refractivity contribution is -0.138. The van der Waals surface area contributed by atoms with Crippen LogP contribution in [0.2, 0.25) is 4.34 Å². The molecule has 1 aromatic heterocycles. The zero-order valence-electron chi connectivity index (χ0n) is 11.7. The lowest BCUT2D eigenvalue weighted by Gasteiger charge is -2.32. The van der Waals surface area contributed by atoms with Crippen molar-refractivity contribution in [3.63, 3.8) is 0 Å². The minimum Gasteiger partial charge on any atom is -0.481 e. The number of nitrogens with zero attached hydrogens (tertiary/aromatic N) is 1. The van der Waals surface area contributed by atoms with E-state index >= 15 is 0 Å². The topological polar surface area (TPSA) is 69.6 Å². The van der Waals surface area contributed by atoms with Gasteiger partial charge in [-0.25, -0.2) is 4.79 Å². The van der Waals surface area contributed by atoms with E-state index < -0.39 is 5.97 Å². The van der Waals surface area contributed by atoms with Crippen LogP contribution in [0.15, 0.2) is 12.1 Å². The molecule has 1 saturated heterocycles. The van der Waals surface area contributed by atoms with Crippen LogP contribution >= 0.6 is 22.9 Å². The highest BCUT2D eigenvalue weighted by Crippen LogP contribution is 2.22. The first kappa shape index (κ1) is 16.1. The molecule has 2 N–H and O–H groups in total. The van der Waals surface area contributed by atoms with Gasteiger partial charge in [-0.15, -0.1) is 11.3 Å². The fraction of sp³-hybridized carbons (Fsp3) is 0.571. The molecule has 21 heavy (non-hydrogen) atoms. The number of rotatable bonds is 5. The summed E-state index contributed by atoms with van der Waals surface area (Å²) in [6.07, 6.45) is 2.64. The van der Waals surface area contributed by atoms with E-state index in [2.05, 4.69) is 5.32 Å². The summed E-state index contributed by atoms with van der Waals surface area (Å²) in [5.41, 5.74) is 0. The Balaban J connectivity index is 1.73. The fourth-order valence-corrected chi connectivity index (χ4v) is 3.64. The van der Waals surface area contributed by atoms with Crippen molar-refractivity contribution in [1.29, 1.82) is 0 Å². The highest BCUT2D eigenvalue weighted by atomic mass is 35.5. The molecule has 1 atom stereocenters. The summed E-state index contributed by atoms with van der Waals surface area (Å²) in [6.45, 7) is 1.80. The van der Waals surface area contributed by atoms with Crippen LogP contribution in [-0.2, 0) is 11.2 Å². The maximum absolute atomic E-state index is 12.1. The number of amides is 2. The summed E-state index contributed by atoms with van der Waals surface area (Å²) in [4.78, 5) is 25.7. The molecule has 1 fully saturated rings. The van der Waals surface area contributed by atoms with Gasteiger partial charge < -0.3 is 15.3 Å². The molecule has 0 aromatic carbocycles. The van der Waals surface area contributed by atoms with Gasteiger partial charge in [0.1, 0.15) is 0 Å². The van der Waals surface area contributed by atoms with Crippen LogP contribution in [0.25, 0.3) is 0 Å². The Morgan fingerprint density at radius 3 is 2.95 bits per heavy atom. The molecule has 2 amide bonds. The lowest BCUT2D eigenvalue weighted by Crippen LogP contribution is -2.46. The van der Waals surface area contributed by atoms with E-state index in [0.717, 1.165) is 28.5 Å². The van der Waals surface area contributed by atoms with Crippen LogP contribution in [-0.4, -0.2) is 41.6 Å². The van der Waals surface area contributed by atoms with Crippen LogP contribution in [0.4, 0.5) is 4.79 Å². The Labute approximate surface area is 132 Å². The van der Waals surface area contributed by atoms with E-state index in [9.17, 15) is 9.59 Å². The summed E-state index contributed by atoms with van der Waals surface area (Å²) < 4.78 is 0.754. The molecule has 1 unspecified atom stereocenters. The van der Waals surface area contributed by atoms with Crippen LogP contribution < -0.4 is 5.32 Å². The van der Waals surface area contributed by atoms with Crippen molar-refractivity contribution in [2.75, 3.05) is 19.6 Å². The molecule has 1 aromatic rings. The molecule has 116 valence electrons. The Kier molecular flexibility index (Phi) is 5.87. The molecule has 2 heterocycles. The maximum Gasteiger partial charge on any atom is 0.317 e. The van der Waals surface area contributed by atoms with Crippen molar-refractivity contribution in [3.8, 4) is 0 Å². The number of nitrogens with one attached hydrogen (secondary N) is 1. The van der Waals surface area contributed by atoms with Crippen LogP contribution in [0, 0.1) is 5.92 Å². The second-order valence-corrected chi connectivity index (χ2v) is 7.04. The number of likely N-dealkylation sites (tertiary alicyclic amines) is 1. The normalized spacial score (nSPS) is 18.5. The van der Waals surface area contributed by atoms with E-state index in [1.54, 1.807) is 4.90 Å². The predicted molar refractivity (Wildman–Crippen MR) is 83.0 cm³/mol. The minimum absolute atomic E-state index is 0.0677. The molecule has 0 bridgehead atoms. The highest BCUT2D eigenvalue weighted by molar-refractivity contribution is 7.16. The molecule has 1 aliphatic heterocycles. The molecule has 5 nitrogen and oxygen atoms in total. The third-order valence-corrected chi connectivity index (χ3v) is 4.84. The Bertz CT molecular complexity index is 506. The van der Waals surface area contributed by atoms with Crippen molar-refractivity contribution in [3.05, 3.63) is 21.3 Å². The Hall–Kier alpha value is -1.27. The van der Waals surface area contributed by atoms with Crippen molar-refractivity contribution in [2.45, 2.75) is 25.7 Å². The van der Waals surface area contributed by atoms with Crippen molar-refractivity contribution < 1.29 is 14.7 Å². The number of carbonyl (C=O) groups excluding carboxylic acids is 1. The van der Waals surface area contributed by atoms with Gasteiger partial charge >= 0.3 is 12.0 Å². The second kappa shape index (κ2) is 7.66. The number of carboxylic acid groups (broad SMARTS) is 1. The Morgan fingerprint density at radius 1 is 1.48 bits per heavy atom. The highest BCUT2D eigenvalue weighted by Gasteiger charge is 2.24. The van der Waals surface area contributed by atoms with Gasteiger partial charge in [0.15, 0.2) is 0 Å². The second-order valence-electron chi connectivity index (χ2n) is 5.24. The first-order chi connectivity index (χ1) is 10.0. The van der Waals surface area contributed by atoms with Crippen LogP contribution in [0.5, 0.6) is 0 Å². The van der Waals surface area contributed by atoms with E-state index in [1.807, 2.05) is 12.1 Å². The van der Waals surface area contributed by atoms with Gasteiger partial charge in [0.2, 0.25) is 0 Å². The summed E-state index contributed by atoms with van der Waals surface area (Å²) in [5, 5.41) is 11.7. The van der Waals surface area contributed by atoms with Gasteiger partial charge in [0, 0.05) is 30.9 Å². The molecular weight excluding hydrogens is 312 g/mol. The zero-order chi connectivity index (χ0) is 15.2. The number of carboxylic acids is 1. The summed E-state index contributed by atoms with van der Waals surface area (Å²) in [6, 6.07) is 3.71. The number of thiophene rings is 1. The third kappa shape index (κ3) is 5.21. The van der Waals surface area contributed by atoms with E-state index in [0.29, 0.717) is 19.6 Å². The number of halogens is 1. The average Bonchev–Trinajstić information content (AvgIpc) is 2.84. The van der Waals surface area contributed by atoms with E-state index in [1.165, 1.54) is 11.3 Å². The maximum atomic E-state index is 12.1. The summed E-state index contributed by atoms with van der Waals surface area (Å²) in [7, 11) is 0. The lowest BCUT2D eigenvalue weighted by atomic mass is 9.95. The van der Waals surface area contributed by atoms with Gasteiger partial charge in [-0.3, -0.25) is 4.79 Å². The summed E-state index contributed by atoms with van der Waals surface area (Å²) in [5.74, 6) is -0.727. The monoisotopic (exact) mass is 330 g/mol. The number of piperidine rings is 1. The quantitative estimate of drug-likeness (QED) is 0.872. The SMILES string of the molecule is O=C(O)CC1CCCN(C(=O)NCCc2ccc(Cl)s2)C1. The number of carbonyl (C=O) groups is 2. The standard InChI is InChI=1S/C14H19ClN2O3S/c15-12-4-3-11(21-12)5-6-16-14(20)17-7-1-2-10(9-17)8-13(18)19/h3-4,10H,1-2,5-9H2,(H,16,20)(H,18,19). The Morgan fingerprint density at radius 2 is 2.29 bits per heavy atom. The summed E-state index contributed by atoms with van der Waals surface area (Å²) >= 11 is 7.37. The molecule has 1 aliphatic rings. The molecular formula is C14H19ClN2O3S. The van der Waals surface area contributed by atoms with Gasteiger partial charge in [-0.2, -0.15) is 0 Å². The van der Waals surface area contributed by atoms with Gasteiger partial charge in [0.05, 0.1) is 4.34 Å². The fourth-order valence-electron chi connectivity index (χ4n) is 2.55. The van der Waals surface area contributed by atoms with Gasteiger partial charge in [0.25, 0.3) is 0 Å². The molecule has 0 saturated carbocycles. The first-order valence-corrected chi connectivity index (χ1v) is 8.23. The minimum atomic E-state index is -0.795. The molecule has 0 aliphatic carbocycles. The van der Waals surface area contributed by atoms with Crippen molar-refractivity contribution in [1.82, 2.24) is 10.2 Å². The average molecular weight is 331 g/mol. The van der Waals surface area contributed by atoms with Gasteiger partial charge in [-0.05, 0) is 37.3 Å². The predicted octanol–water partition coefficient (Wildman–Crippen LogP) is 2.84. The van der Waals surface area contributed by atoms with Crippen LogP contribution in [0.3, 0.4) is 0 Å². The number of hydrogen-bond donors (Lipinski definition) is 2. The van der Waals surface area contributed by atoms with E-state index in [-0.39, 0.29) is 18.4 Å².